The fourth-order valence-corrected chi connectivity index (χ4v) is 8.92. The van der Waals surface area contributed by atoms with Crippen LogP contribution in [0.4, 0.5) is 0 Å². The first-order valence-electron chi connectivity index (χ1n) is 18.0. The Morgan fingerprint density at radius 2 is 1.12 bits per heavy atom. The van der Waals surface area contributed by atoms with Gasteiger partial charge < -0.3 is 0 Å². The van der Waals surface area contributed by atoms with Crippen LogP contribution in [-0.2, 0) is 5.41 Å². The average Bonchev–Trinajstić information content (AvgIpc) is 3.64. The van der Waals surface area contributed by atoms with Gasteiger partial charge in [-0.05, 0) is 62.2 Å². The summed E-state index contributed by atoms with van der Waals surface area (Å²) in [7, 11) is 0. The molecule has 11 rings (SSSR count). The topological polar surface area (TPSA) is 30.7 Å². The molecule has 1 aliphatic rings. The maximum atomic E-state index is 5.53. The molecule has 0 atom stereocenters. The van der Waals surface area contributed by atoms with Crippen molar-refractivity contribution >= 4 is 54.3 Å². The summed E-state index contributed by atoms with van der Waals surface area (Å²) in [5, 5.41) is 8.09. The molecular weight excluding hydrogens is 631 g/mol. The molecule has 0 saturated heterocycles. The zero-order valence-corrected chi connectivity index (χ0v) is 28.9. The molecule has 10 aromatic rings. The molecule has 2 heterocycles. The van der Waals surface area contributed by atoms with Crippen LogP contribution < -0.4 is 0 Å². The van der Waals surface area contributed by atoms with Crippen LogP contribution in [0.15, 0.2) is 164 Å². The summed E-state index contributed by atoms with van der Waals surface area (Å²) in [5.74, 6) is 0.666. The van der Waals surface area contributed by atoms with Gasteiger partial charge in [0, 0.05) is 38.1 Å². The van der Waals surface area contributed by atoms with Gasteiger partial charge in [-0.15, -0.1) is 0 Å². The van der Waals surface area contributed by atoms with Crippen LogP contribution in [0.2, 0.25) is 0 Å². The number of benzene rings is 8. The standard InChI is InChI=1S/C49H33N3/c1-49(2)41-24-11-10-20-38(41)44-35(21-13-25-42(44)49)36-22-12-23-37-40-28-32-17-6-7-18-33(32)29-43(40)52(47(36)37)48-50-45(31-15-4-3-5-16-31)39-27-26-30-14-8-9-19-34(30)46(39)51-48/h3-29H,1-2H3. The Labute approximate surface area is 301 Å². The summed E-state index contributed by atoms with van der Waals surface area (Å²) in [4.78, 5) is 11.0. The monoisotopic (exact) mass is 663 g/mol. The number of rotatable bonds is 3. The highest BCUT2D eigenvalue weighted by Crippen LogP contribution is 2.53. The van der Waals surface area contributed by atoms with E-state index >= 15 is 0 Å². The van der Waals surface area contributed by atoms with E-state index in [0.717, 1.165) is 44.0 Å². The molecule has 0 N–H and O–H groups in total. The Morgan fingerprint density at radius 3 is 1.98 bits per heavy atom. The summed E-state index contributed by atoms with van der Waals surface area (Å²) in [6.45, 7) is 4.70. The van der Waals surface area contributed by atoms with E-state index in [9.17, 15) is 0 Å². The van der Waals surface area contributed by atoms with Crippen molar-refractivity contribution in [1.29, 1.82) is 0 Å². The van der Waals surface area contributed by atoms with Gasteiger partial charge in [0.05, 0.1) is 22.2 Å². The molecule has 3 heteroatoms. The van der Waals surface area contributed by atoms with Gasteiger partial charge in [-0.2, -0.15) is 0 Å². The van der Waals surface area contributed by atoms with Crippen molar-refractivity contribution in [2.24, 2.45) is 0 Å². The van der Waals surface area contributed by atoms with Crippen molar-refractivity contribution < 1.29 is 0 Å². The minimum atomic E-state index is -0.104. The molecule has 0 aliphatic heterocycles. The molecule has 244 valence electrons. The number of nitrogens with zero attached hydrogens (tertiary/aromatic N) is 3. The first-order chi connectivity index (χ1) is 25.6. The van der Waals surface area contributed by atoms with Gasteiger partial charge in [-0.3, -0.25) is 4.57 Å². The molecule has 0 spiro atoms. The third-order valence-corrected chi connectivity index (χ3v) is 11.4. The van der Waals surface area contributed by atoms with Crippen molar-refractivity contribution in [1.82, 2.24) is 14.5 Å². The third kappa shape index (κ3) is 4.02. The van der Waals surface area contributed by atoms with E-state index in [1.807, 2.05) is 0 Å². The molecule has 0 unspecified atom stereocenters. The van der Waals surface area contributed by atoms with E-state index in [4.69, 9.17) is 9.97 Å². The average molecular weight is 664 g/mol. The number of para-hydroxylation sites is 1. The highest BCUT2D eigenvalue weighted by Gasteiger charge is 2.37. The van der Waals surface area contributed by atoms with E-state index in [2.05, 4.69) is 182 Å². The molecule has 0 radical (unpaired) electrons. The molecule has 0 saturated carbocycles. The second kappa shape index (κ2) is 10.7. The van der Waals surface area contributed by atoms with Crippen LogP contribution in [0.5, 0.6) is 0 Å². The summed E-state index contributed by atoms with van der Waals surface area (Å²) in [6, 6.07) is 59.3. The van der Waals surface area contributed by atoms with Gasteiger partial charge in [0.1, 0.15) is 0 Å². The van der Waals surface area contributed by atoms with E-state index in [1.54, 1.807) is 0 Å². The zero-order chi connectivity index (χ0) is 34.6. The quantitative estimate of drug-likeness (QED) is 0.176. The van der Waals surface area contributed by atoms with Crippen LogP contribution in [-0.4, -0.2) is 14.5 Å². The van der Waals surface area contributed by atoms with Crippen LogP contribution in [0.3, 0.4) is 0 Å². The summed E-state index contributed by atoms with van der Waals surface area (Å²) < 4.78 is 2.34. The predicted octanol–water partition coefficient (Wildman–Crippen LogP) is 12.7. The lowest BCUT2D eigenvalue weighted by molar-refractivity contribution is 0.660. The molecule has 0 fully saturated rings. The molecule has 0 bridgehead atoms. The highest BCUT2D eigenvalue weighted by atomic mass is 15.2. The fourth-order valence-electron chi connectivity index (χ4n) is 8.92. The van der Waals surface area contributed by atoms with Crippen molar-refractivity contribution in [2.45, 2.75) is 19.3 Å². The lowest BCUT2D eigenvalue weighted by Crippen LogP contribution is -2.14. The number of hydrogen-bond donors (Lipinski definition) is 0. The van der Waals surface area contributed by atoms with Gasteiger partial charge >= 0.3 is 0 Å². The molecule has 2 aromatic heterocycles. The second-order valence-corrected chi connectivity index (χ2v) is 14.6. The van der Waals surface area contributed by atoms with Crippen LogP contribution in [0, 0.1) is 0 Å². The van der Waals surface area contributed by atoms with E-state index < -0.39 is 0 Å². The largest absolute Gasteiger partial charge is 0.277 e. The summed E-state index contributed by atoms with van der Waals surface area (Å²) in [5.41, 5.74) is 12.8. The Morgan fingerprint density at radius 1 is 0.462 bits per heavy atom. The Balaban J connectivity index is 1.32. The fraction of sp³-hybridized carbons (Fsp3) is 0.0612. The first kappa shape index (κ1) is 29.2. The third-order valence-electron chi connectivity index (χ3n) is 11.4. The maximum absolute atomic E-state index is 5.53. The smallest absolute Gasteiger partial charge is 0.235 e. The lowest BCUT2D eigenvalue weighted by atomic mass is 9.82. The van der Waals surface area contributed by atoms with Crippen LogP contribution in [0.1, 0.15) is 25.0 Å². The van der Waals surface area contributed by atoms with E-state index in [-0.39, 0.29) is 5.41 Å². The van der Waals surface area contributed by atoms with Gasteiger partial charge in [-0.1, -0.05) is 159 Å². The SMILES string of the molecule is CC1(C)c2ccccc2-c2c(-c3cccc4c5cc6ccccc6cc5n(-c5nc(-c6ccccc6)c6ccc7ccccc7c6n5)c34)cccc21. The maximum Gasteiger partial charge on any atom is 0.235 e. The summed E-state index contributed by atoms with van der Waals surface area (Å²) in [6.07, 6.45) is 0. The normalized spacial score (nSPS) is 13.3. The second-order valence-electron chi connectivity index (χ2n) is 14.6. The van der Waals surface area contributed by atoms with Gasteiger partial charge in [-0.25, -0.2) is 9.97 Å². The predicted molar refractivity (Wildman–Crippen MR) is 217 cm³/mol. The molecule has 0 amide bonds. The molecule has 52 heavy (non-hydrogen) atoms. The van der Waals surface area contributed by atoms with E-state index in [1.165, 1.54) is 54.9 Å². The zero-order valence-electron chi connectivity index (χ0n) is 28.9. The number of hydrogen-bond acceptors (Lipinski definition) is 2. The van der Waals surface area contributed by atoms with Gasteiger partial charge in [0.15, 0.2) is 0 Å². The Bertz CT molecular complexity index is 3100. The lowest BCUT2D eigenvalue weighted by Gasteiger charge is -2.21. The minimum Gasteiger partial charge on any atom is -0.277 e. The molecule has 1 aliphatic carbocycles. The van der Waals surface area contributed by atoms with Crippen molar-refractivity contribution in [3.8, 4) is 39.5 Å². The van der Waals surface area contributed by atoms with Crippen molar-refractivity contribution in [3.63, 3.8) is 0 Å². The Hall–Kier alpha value is -6.58. The molecule has 3 nitrogen and oxygen atoms in total. The first-order valence-corrected chi connectivity index (χ1v) is 18.0. The number of aromatic nitrogens is 3. The van der Waals surface area contributed by atoms with E-state index in [0.29, 0.717) is 5.95 Å². The van der Waals surface area contributed by atoms with Crippen LogP contribution >= 0.6 is 0 Å². The van der Waals surface area contributed by atoms with Gasteiger partial charge in [0.2, 0.25) is 5.95 Å². The van der Waals surface area contributed by atoms with Crippen LogP contribution in [0.25, 0.3) is 93.7 Å². The molecular formula is C49H33N3. The van der Waals surface area contributed by atoms with Gasteiger partial charge in [0.25, 0.3) is 0 Å². The summed E-state index contributed by atoms with van der Waals surface area (Å²) >= 11 is 0. The Kier molecular flexibility index (Phi) is 6.01. The minimum absolute atomic E-state index is 0.104. The number of fused-ring (bicyclic) bond motifs is 10. The van der Waals surface area contributed by atoms with Crippen molar-refractivity contribution in [2.75, 3.05) is 0 Å². The molecule has 8 aromatic carbocycles. The highest BCUT2D eigenvalue weighted by molar-refractivity contribution is 6.18. The van der Waals surface area contributed by atoms with Crippen molar-refractivity contribution in [3.05, 3.63) is 175 Å².